The third kappa shape index (κ3) is 5.34. The second-order valence-corrected chi connectivity index (χ2v) is 8.33. The predicted molar refractivity (Wildman–Crippen MR) is 83.2 cm³/mol. The summed E-state index contributed by atoms with van der Waals surface area (Å²) in [6, 6.07) is 5.14. The fourth-order valence-electron chi connectivity index (χ4n) is 1.69. The first-order valence-electron chi connectivity index (χ1n) is 6.33. The first-order chi connectivity index (χ1) is 9.01. The van der Waals surface area contributed by atoms with E-state index >= 15 is 0 Å². The molecular weight excluding hydrogens is 342 g/mol. The highest BCUT2D eigenvalue weighted by atomic mass is 79.9. The molecule has 0 bridgehead atoms. The largest absolute Gasteiger partial charge is 0.300 e. The van der Waals surface area contributed by atoms with Gasteiger partial charge in [-0.1, -0.05) is 6.07 Å². The zero-order valence-corrected chi connectivity index (χ0v) is 14.6. The lowest BCUT2D eigenvalue weighted by atomic mass is 10.1. The summed E-state index contributed by atoms with van der Waals surface area (Å²) in [5.41, 5.74) is 0.283. The van der Waals surface area contributed by atoms with Crippen LogP contribution < -0.4 is 4.72 Å². The van der Waals surface area contributed by atoms with Gasteiger partial charge in [0.2, 0.25) is 10.0 Å². The second-order valence-electron chi connectivity index (χ2n) is 5.82. The first kappa shape index (κ1) is 17.3. The molecule has 0 amide bonds. The average Bonchev–Trinajstić information content (AvgIpc) is 2.24. The van der Waals surface area contributed by atoms with Crippen molar-refractivity contribution in [2.75, 3.05) is 0 Å². The number of carbonyl (C=O) groups excluding carboxylic acids is 1. The quantitative estimate of drug-likeness (QED) is 0.876. The van der Waals surface area contributed by atoms with E-state index in [0.717, 1.165) is 5.56 Å². The van der Waals surface area contributed by atoms with Gasteiger partial charge in [-0.15, -0.1) is 0 Å². The van der Waals surface area contributed by atoms with Crippen LogP contribution in [0.3, 0.4) is 0 Å². The van der Waals surface area contributed by atoms with E-state index in [9.17, 15) is 13.2 Å². The molecule has 1 aromatic carbocycles. The molecule has 0 heterocycles. The van der Waals surface area contributed by atoms with Crippen LogP contribution >= 0.6 is 15.9 Å². The highest BCUT2D eigenvalue weighted by molar-refractivity contribution is 9.10. The molecule has 0 aliphatic carbocycles. The summed E-state index contributed by atoms with van der Waals surface area (Å²) < 4.78 is 27.8. The Morgan fingerprint density at radius 2 is 1.90 bits per heavy atom. The molecule has 0 unspecified atom stereocenters. The van der Waals surface area contributed by atoms with Crippen LogP contribution in [0, 0.1) is 0 Å². The van der Waals surface area contributed by atoms with Crippen molar-refractivity contribution in [1.82, 2.24) is 4.72 Å². The molecule has 0 radical (unpaired) electrons. The topological polar surface area (TPSA) is 63.2 Å². The molecule has 1 N–H and O–H groups in total. The molecule has 0 fully saturated rings. The Bertz CT molecular complexity index is 603. The Morgan fingerprint density at radius 3 is 2.40 bits per heavy atom. The third-order valence-corrected chi connectivity index (χ3v) is 5.24. The lowest BCUT2D eigenvalue weighted by Gasteiger charge is -2.21. The minimum atomic E-state index is -3.59. The highest BCUT2D eigenvalue weighted by Crippen LogP contribution is 2.25. The highest BCUT2D eigenvalue weighted by Gasteiger charge is 2.24. The number of nitrogens with one attached hydrogen (secondary N) is 1. The minimum absolute atomic E-state index is 0.0881. The number of ketones is 1. The van der Waals surface area contributed by atoms with Crippen LogP contribution in [0.25, 0.3) is 0 Å². The van der Waals surface area contributed by atoms with Gasteiger partial charge in [-0.25, -0.2) is 13.1 Å². The molecule has 1 rings (SSSR count). The molecule has 0 aromatic heterocycles. The van der Waals surface area contributed by atoms with Crippen molar-refractivity contribution in [3.63, 3.8) is 0 Å². The fraction of sp³-hybridized carbons (Fsp3) is 0.500. The fourth-order valence-corrected chi connectivity index (χ4v) is 4.12. The second kappa shape index (κ2) is 6.37. The summed E-state index contributed by atoms with van der Waals surface area (Å²) in [6.45, 7) is 6.89. The Balaban J connectivity index is 3.11. The predicted octanol–water partition coefficient (Wildman–Crippen LogP) is 3.05. The Labute approximate surface area is 129 Å². The van der Waals surface area contributed by atoms with Crippen LogP contribution in [0.2, 0.25) is 0 Å². The number of rotatable bonds is 5. The van der Waals surface area contributed by atoms with Gasteiger partial charge >= 0.3 is 0 Å². The number of hydrogen-bond donors (Lipinski definition) is 1. The van der Waals surface area contributed by atoms with E-state index in [4.69, 9.17) is 0 Å². The molecule has 0 saturated heterocycles. The van der Waals surface area contributed by atoms with Gasteiger partial charge < -0.3 is 4.79 Å². The van der Waals surface area contributed by atoms with Gasteiger partial charge in [-0.05, 0) is 67.7 Å². The van der Waals surface area contributed by atoms with Gasteiger partial charge in [-0.3, -0.25) is 0 Å². The number of hydrogen-bond acceptors (Lipinski definition) is 3. The van der Waals surface area contributed by atoms with Crippen LogP contribution in [0.5, 0.6) is 0 Å². The maximum absolute atomic E-state index is 12.4. The molecule has 0 aliphatic heterocycles. The van der Waals surface area contributed by atoms with E-state index in [0.29, 0.717) is 17.3 Å². The summed E-state index contributed by atoms with van der Waals surface area (Å²) in [5, 5.41) is 0. The van der Waals surface area contributed by atoms with Crippen molar-refractivity contribution >= 4 is 31.7 Å². The normalized spacial score (nSPS) is 12.4. The maximum atomic E-state index is 12.4. The molecule has 6 heteroatoms. The van der Waals surface area contributed by atoms with Crippen LogP contribution in [0.1, 0.15) is 39.7 Å². The van der Waals surface area contributed by atoms with Crippen molar-refractivity contribution in [2.24, 2.45) is 0 Å². The molecule has 4 nitrogen and oxygen atoms in total. The van der Waals surface area contributed by atoms with Crippen molar-refractivity contribution < 1.29 is 13.2 Å². The monoisotopic (exact) mass is 361 g/mol. The van der Waals surface area contributed by atoms with Crippen LogP contribution in [0.4, 0.5) is 0 Å². The summed E-state index contributed by atoms with van der Waals surface area (Å²) in [7, 11) is -3.59. The lowest BCUT2D eigenvalue weighted by molar-refractivity contribution is -0.116. The van der Waals surface area contributed by atoms with Gasteiger partial charge in [-0.2, -0.15) is 0 Å². The number of halogens is 1. The SMILES string of the molecule is CC(=O)CCc1ccc(Br)c(S(=O)(=O)NC(C)(C)C)c1. The van der Waals surface area contributed by atoms with E-state index in [1.54, 1.807) is 32.9 Å². The molecular formula is C14H20BrNO3S. The summed E-state index contributed by atoms with van der Waals surface area (Å²) in [5.74, 6) is 0.0881. The molecule has 0 saturated carbocycles. The van der Waals surface area contributed by atoms with Gasteiger partial charge in [0, 0.05) is 16.4 Å². The standard InChI is InChI=1S/C14H20BrNO3S/c1-10(17)5-6-11-7-8-12(15)13(9-11)20(18,19)16-14(2,3)4/h7-9,16H,5-6H2,1-4H3. The summed E-state index contributed by atoms with van der Waals surface area (Å²) in [6.07, 6.45) is 0.953. The molecule has 0 aliphatic rings. The van der Waals surface area contributed by atoms with E-state index in [-0.39, 0.29) is 10.7 Å². The smallest absolute Gasteiger partial charge is 0.242 e. The number of aryl methyl sites for hydroxylation is 1. The molecule has 1 aromatic rings. The van der Waals surface area contributed by atoms with E-state index in [1.807, 2.05) is 6.07 Å². The first-order valence-corrected chi connectivity index (χ1v) is 8.61. The summed E-state index contributed by atoms with van der Waals surface area (Å²) in [4.78, 5) is 11.2. The van der Waals surface area contributed by atoms with Gasteiger partial charge in [0.15, 0.2) is 0 Å². The zero-order valence-electron chi connectivity index (χ0n) is 12.2. The third-order valence-electron chi connectivity index (χ3n) is 2.49. The number of carbonyl (C=O) groups is 1. The summed E-state index contributed by atoms with van der Waals surface area (Å²) >= 11 is 3.27. The molecule has 20 heavy (non-hydrogen) atoms. The van der Waals surface area contributed by atoms with E-state index in [1.165, 1.54) is 6.92 Å². The number of Topliss-reactive ketones (excluding diaryl/α,β-unsaturated/α-hetero) is 1. The van der Waals surface area contributed by atoms with Crippen LogP contribution in [-0.2, 0) is 21.2 Å². The maximum Gasteiger partial charge on any atom is 0.242 e. The number of sulfonamides is 1. The lowest BCUT2D eigenvalue weighted by Crippen LogP contribution is -2.40. The van der Waals surface area contributed by atoms with Crippen molar-refractivity contribution in [3.05, 3.63) is 28.2 Å². The van der Waals surface area contributed by atoms with Crippen LogP contribution in [-0.4, -0.2) is 19.7 Å². The van der Waals surface area contributed by atoms with Crippen molar-refractivity contribution in [1.29, 1.82) is 0 Å². The number of benzene rings is 1. The van der Waals surface area contributed by atoms with Gasteiger partial charge in [0.25, 0.3) is 0 Å². The molecule has 0 spiro atoms. The van der Waals surface area contributed by atoms with Crippen LogP contribution in [0.15, 0.2) is 27.6 Å². The minimum Gasteiger partial charge on any atom is -0.300 e. The Kier molecular flexibility index (Phi) is 5.52. The van der Waals surface area contributed by atoms with Crippen molar-refractivity contribution in [2.45, 2.75) is 51.0 Å². The Morgan fingerprint density at radius 1 is 1.30 bits per heavy atom. The Hall–Kier alpha value is -0.720. The van der Waals surface area contributed by atoms with Crippen molar-refractivity contribution in [3.8, 4) is 0 Å². The van der Waals surface area contributed by atoms with Gasteiger partial charge in [0.1, 0.15) is 5.78 Å². The molecule has 0 atom stereocenters. The molecule has 112 valence electrons. The average molecular weight is 362 g/mol. The zero-order chi connectivity index (χ0) is 15.6. The van der Waals surface area contributed by atoms with E-state index < -0.39 is 15.6 Å². The van der Waals surface area contributed by atoms with E-state index in [2.05, 4.69) is 20.7 Å². The van der Waals surface area contributed by atoms with Gasteiger partial charge in [0.05, 0.1) is 4.90 Å².